The second-order valence-electron chi connectivity index (χ2n) is 4.11. The molecule has 0 unspecified atom stereocenters. The van der Waals surface area contributed by atoms with E-state index in [0.29, 0.717) is 17.2 Å². The molecular weight excluding hydrogens is 250 g/mol. The Labute approximate surface area is 113 Å². The molecule has 1 aromatic carbocycles. The lowest BCUT2D eigenvalue weighted by Gasteiger charge is -2.10. The van der Waals surface area contributed by atoms with E-state index in [9.17, 15) is 4.79 Å². The highest BCUT2D eigenvalue weighted by Crippen LogP contribution is 2.18. The maximum Gasteiger partial charge on any atom is 0.340 e. The summed E-state index contributed by atoms with van der Waals surface area (Å²) in [6.07, 6.45) is 1.69. The first kappa shape index (κ1) is 14.6. The van der Waals surface area contributed by atoms with E-state index in [2.05, 4.69) is 5.32 Å². The Kier molecular flexibility index (Phi) is 5.72. The number of carbonyl (C=O) groups excluding carboxylic acids is 1. The van der Waals surface area contributed by atoms with Crippen molar-refractivity contribution in [2.24, 2.45) is 0 Å². The van der Waals surface area contributed by atoms with Crippen LogP contribution in [0.2, 0.25) is 5.02 Å². The average molecular weight is 268 g/mol. The molecule has 1 N–H and O–H groups in total. The molecule has 0 fully saturated rings. The van der Waals surface area contributed by atoms with Crippen LogP contribution in [0.5, 0.6) is 0 Å². The van der Waals surface area contributed by atoms with Gasteiger partial charge in [0, 0.05) is 17.3 Å². The number of ether oxygens (including phenoxy) is 1. The van der Waals surface area contributed by atoms with Crippen LogP contribution in [0.4, 0.5) is 0 Å². The van der Waals surface area contributed by atoms with Crippen LogP contribution in [0, 0.1) is 0 Å². The number of benzene rings is 1. The largest absolute Gasteiger partial charge is 0.462 e. The van der Waals surface area contributed by atoms with Crippen LogP contribution in [0.15, 0.2) is 30.5 Å². The molecule has 1 rings (SSSR count). The van der Waals surface area contributed by atoms with Gasteiger partial charge >= 0.3 is 5.97 Å². The number of halogens is 1. The topological polar surface area (TPSA) is 38.3 Å². The number of nitrogens with one attached hydrogen (secondary N) is 1. The van der Waals surface area contributed by atoms with E-state index in [-0.39, 0.29) is 12.0 Å². The molecule has 1 aromatic rings. The SMILES string of the molecule is CCOC(=O)/C(=C\NC(C)C)c1ccc(Cl)cc1. The molecule has 0 aliphatic carbocycles. The molecule has 0 spiro atoms. The van der Waals surface area contributed by atoms with E-state index in [4.69, 9.17) is 16.3 Å². The lowest BCUT2D eigenvalue weighted by Crippen LogP contribution is -2.18. The van der Waals surface area contributed by atoms with Crippen molar-refractivity contribution >= 4 is 23.1 Å². The third kappa shape index (κ3) is 4.41. The van der Waals surface area contributed by atoms with Crippen LogP contribution in [0.1, 0.15) is 26.3 Å². The number of hydrogen-bond acceptors (Lipinski definition) is 3. The summed E-state index contributed by atoms with van der Waals surface area (Å²) in [7, 11) is 0. The van der Waals surface area contributed by atoms with Gasteiger partial charge in [-0.15, -0.1) is 0 Å². The van der Waals surface area contributed by atoms with Crippen LogP contribution >= 0.6 is 11.6 Å². The molecule has 0 atom stereocenters. The molecule has 0 heterocycles. The van der Waals surface area contributed by atoms with Crippen LogP contribution in [-0.2, 0) is 9.53 Å². The minimum absolute atomic E-state index is 0.252. The van der Waals surface area contributed by atoms with Gasteiger partial charge in [-0.3, -0.25) is 0 Å². The van der Waals surface area contributed by atoms with Crippen molar-refractivity contribution in [3.63, 3.8) is 0 Å². The maximum atomic E-state index is 11.9. The Morgan fingerprint density at radius 1 is 1.39 bits per heavy atom. The predicted molar refractivity (Wildman–Crippen MR) is 74.3 cm³/mol. The van der Waals surface area contributed by atoms with Crippen LogP contribution in [0.25, 0.3) is 5.57 Å². The van der Waals surface area contributed by atoms with Crippen molar-refractivity contribution in [3.05, 3.63) is 41.1 Å². The lowest BCUT2D eigenvalue weighted by atomic mass is 10.1. The molecule has 98 valence electrons. The summed E-state index contributed by atoms with van der Waals surface area (Å²) in [5.74, 6) is -0.340. The van der Waals surface area contributed by atoms with Crippen molar-refractivity contribution in [2.45, 2.75) is 26.8 Å². The first-order valence-corrected chi connectivity index (χ1v) is 6.31. The molecule has 0 saturated heterocycles. The molecule has 0 aliphatic heterocycles. The van der Waals surface area contributed by atoms with Crippen molar-refractivity contribution in [1.82, 2.24) is 5.32 Å². The summed E-state index contributed by atoms with van der Waals surface area (Å²) in [5, 5.41) is 3.74. The molecular formula is C14H18ClNO2. The van der Waals surface area contributed by atoms with Gasteiger partial charge in [0.2, 0.25) is 0 Å². The van der Waals surface area contributed by atoms with Crippen molar-refractivity contribution in [1.29, 1.82) is 0 Å². The normalized spacial score (nSPS) is 11.5. The highest BCUT2D eigenvalue weighted by atomic mass is 35.5. The quantitative estimate of drug-likeness (QED) is 0.657. The van der Waals surface area contributed by atoms with Gasteiger partial charge in [-0.05, 0) is 38.5 Å². The summed E-state index contributed by atoms with van der Waals surface area (Å²) in [6, 6.07) is 7.35. The molecule has 0 aromatic heterocycles. The minimum atomic E-state index is -0.340. The second-order valence-corrected chi connectivity index (χ2v) is 4.54. The third-order valence-electron chi connectivity index (χ3n) is 2.21. The van der Waals surface area contributed by atoms with Crippen molar-refractivity contribution in [3.8, 4) is 0 Å². The summed E-state index contributed by atoms with van der Waals surface area (Å²) < 4.78 is 5.04. The molecule has 0 saturated carbocycles. The zero-order chi connectivity index (χ0) is 13.5. The third-order valence-corrected chi connectivity index (χ3v) is 2.46. The molecule has 0 amide bonds. The van der Waals surface area contributed by atoms with Crippen LogP contribution in [0.3, 0.4) is 0 Å². The Morgan fingerprint density at radius 2 is 2.00 bits per heavy atom. The highest BCUT2D eigenvalue weighted by Gasteiger charge is 2.13. The summed E-state index contributed by atoms with van der Waals surface area (Å²) in [6.45, 7) is 6.14. The van der Waals surface area contributed by atoms with E-state index in [1.54, 1.807) is 37.4 Å². The number of esters is 1. The molecule has 0 radical (unpaired) electrons. The van der Waals surface area contributed by atoms with Crippen LogP contribution < -0.4 is 5.32 Å². The van der Waals surface area contributed by atoms with Crippen LogP contribution in [-0.4, -0.2) is 18.6 Å². The van der Waals surface area contributed by atoms with Gasteiger partial charge in [0.15, 0.2) is 0 Å². The van der Waals surface area contributed by atoms with E-state index in [1.807, 2.05) is 13.8 Å². The second kappa shape index (κ2) is 7.07. The Hall–Kier alpha value is -1.48. The van der Waals surface area contributed by atoms with E-state index in [0.717, 1.165) is 5.56 Å². The first-order valence-electron chi connectivity index (χ1n) is 5.94. The molecule has 3 nitrogen and oxygen atoms in total. The van der Waals surface area contributed by atoms with Gasteiger partial charge in [-0.25, -0.2) is 4.79 Å². The van der Waals surface area contributed by atoms with E-state index >= 15 is 0 Å². The van der Waals surface area contributed by atoms with E-state index < -0.39 is 0 Å². The summed E-state index contributed by atoms with van der Waals surface area (Å²) in [5.41, 5.74) is 1.29. The van der Waals surface area contributed by atoms with Gasteiger partial charge in [0.05, 0.1) is 12.2 Å². The van der Waals surface area contributed by atoms with Crippen molar-refractivity contribution < 1.29 is 9.53 Å². The van der Waals surface area contributed by atoms with Crippen molar-refractivity contribution in [2.75, 3.05) is 6.61 Å². The summed E-state index contributed by atoms with van der Waals surface area (Å²) in [4.78, 5) is 11.9. The maximum absolute atomic E-state index is 11.9. The Morgan fingerprint density at radius 3 is 2.50 bits per heavy atom. The fraction of sp³-hybridized carbons (Fsp3) is 0.357. The standard InChI is InChI=1S/C14H18ClNO2/c1-4-18-14(17)13(9-16-10(2)3)11-5-7-12(15)8-6-11/h5-10,16H,4H2,1-3H3/b13-9-. The zero-order valence-corrected chi connectivity index (χ0v) is 11.6. The fourth-order valence-electron chi connectivity index (χ4n) is 1.35. The molecule has 0 bridgehead atoms. The lowest BCUT2D eigenvalue weighted by molar-refractivity contribution is -0.136. The summed E-state index contributed by atoms with van der Waals surface area (Å²) >= 11 is 5.83. The number of carbonyl (C=O) groups is 1. The van der Waals surface area contributed by atoms with Gasteiger partial charge in [0.25, 0.3) is 0 Å². The molecule has 0 aliphatic rings. The van der Waals surface area contributed by atoms with Gasteiger partial charge in [0.1, 0.15) is 0 Å². The minimum Gasteiger partial charge on any atom is -0.462 e. The highest BCUT2D eigenvalue weighted by molar-refractivity contribution is 6.30. The smallest absolute Gasteiger partial charge is 0.340 e. The van der Waals surface area contributed by atoms with Gasteiger partial charge < -0.3 is 10.1 Å². The monoisotopic (exact) mass is 267 g/mol. The predicted octanol–water partition coefficient (Wildman–Crippen LogP) is 3.24. The fourth-order valence-corrected chi connectivity index (χ4v) is 1.47. The zero-order valence-electron chi connectivity index (χ0n) is 10.9. The molecule has 18 heavy (non-hydrogen) atoms. The van der Waals surface area contributed by atoms with Gasteiger partial charge in [-0.2, -0.15) is 0 Å². The molecule has 4 heteroatoms. The number of hydrogen-bond donors (Lipinski definition) is 1. The number of rotatable bonds is 5. The van der Waals surface area contributed by atoms with Gasteiger partial charge in [-0.1, -0.05) is 23.7 Å². The first-order chi connectivity index (χ1) is 8.54. The average Bonchev–Trinajstić information content (AvgIpc) is 2.31. The van der Waals surface area contributed by atoms with E-state index in [1.165, 1.54) is 0 Å². The Bertz CT molecular complexity index is 424. The Balaban J connectivity index is 3.00.